The third-order valence-electron chi connectivity index (χ3n) is 5.23. The Bertz CT molecular complexity index is 1060. The third-order valence-corrected chi connectivity index (χ3v) is 5.23. The third kappa shape index (κ3) is 5.05. The molecular formula is C24H27FN4O2. The molecule has 2 heterocycles. The Hall–Kier alpha value is -3.35. The average Bonchev–Trinajstić information content (AvgIpc) is 3.21. The van der Waals surface area contributed by atoms with Crippen LogP contribution in [0.25, 0.3) is 11.5 Å². The molecule has 2 aromatic carbocycles. The molecule has 0 bridgehead atoms. The van der Waals surface area contributed by atoms with E-state index in [0.717, 1.165) is 35.0 Å². The summed E-state index contributed by atoms with van der Waals surface area (Å²) in [5, 5.41) is 6.87. The van der Waals surface area contributed by atoms with Gasteiger partial charge in [0.2, 0.25) is 5.89 Å². The maximum Gasteiger partial charge on any atom is 0.226 e. The summed E-state index contributed by atoms with van der Waals surface area (Å²) in [6.07, 6.45) is 3.13. The Kier molecular flexibility index (Phi) is 5.93. The molecule has 0 spiro atoms. The number of nitrogens with zero attached hydrogens (tertiary/aromatic N) is 2. The fourth-order valence-electron chi connectivity index (χ4n) is 3.75. The summed E-state index contributed by atoms with van der Waals surface area (Å²) >= 11 is 0. The lowest BCUT2D eigenvalue weighted by Gasteiger charge is -2.38. The summed E-state index contributed by atoms with van der Waals surface area (Å²) in [7, 11) is 1.76. The standard InChI is InChI=1S/C24H27FN4O2/c1-24(2)14-20(19-6-4-5-7-21(19)31-24)29-23(26-3)27-13-12-18-15-30-22(28-18)16-8-10-17(25)11-9-16/h4-11,15,20H,12-14H2,1-3H3,(H2,26,27,29). The fourth-order valence-corrected chi connectivity index (χ4v) is 3.75. The van der Waals surface area contributed by atoms with Crippen LogP contribution >= 0.6 is 0 Å². The number of hydrogen-bond donors (Lipinski definition) is 2. The van der Waals surface area contributed by atoms with Gasteiger partial charge in [0, 0.05) is 37.6 Å². The molecule has 0 radical (unpaired) electrons. The molecule has 0 saturated heterocycles. The van der Waals surface area contributed by atoms with E-state index in [0.29, 0.717) is 18.9 Å². The number of rotatable bonds is 5. The Morgan fingerprint density at radius 2 is 1.97 bits per heavy atom. The van der Waals surface area contributed by atoms with Crippen molar-refractivity contribution in [2.45, 2.75) is 38.3 Å². The van der Waals surface area contributed by atoms with E-state index in [1.165, 1.54) is 12.1 Å². The number of guanidine groups is 1. The van der Waals surface area contributed by atoms with Gasteiger partial charge < -0.3 is 19.8 Å². The number of hydrogen-bond acceptors (Lipinski definition) is 4. The Balaban J connectivity index is 1.35. The van der Waals surface area contributed by atoms with Gasteiger partial charge in [-0.2, -0.15) is 0 Å². The lowest BCUT2D eigenvalue weighted by atomic mass is 9.90. The molecule has 0 amide bonds. The van der Waals surface area contributed by atoms with Crippen LogP contribution < -0.4 is 15.4 Å². The molecule has 6 nitrogen and oxygen atoms in total. The first-order chi connectivity index (χ1) is 14.9. The van der Waals surface area contributed by atoms with Crippen molar-refractivity contribution in [3.63, 3.8) is 0 Å². The van der Waals surface area contributed by atoms with Crippen molar-refractivity contribution in [2.24, 2.45) is 4.99 Å². The van der Waals surface area contributed by atoms with Gasteiger partial charge in [0.1, 0.15) is 23.4 Å². The lowest BCUT2D eigenvalue weighted by molar-refractivity contribution is 0.0694. The van der Waals surface area contributed by atoms with Crippen LogP contribution in [0.2, 0.25) is 0 Å². The Morgan fingerprint density at radius 1 is 1.19 bits per heavy atom. The molecule has 1 aliphatic rings. The van der Waals surface area contributed by atoms with E-state index >= 15 is 0 Å². The van der Waals surface area contributed by atoms with Crippen LogP contribution in [0.1, 0.15) is 37.6 Å². The van der Waals surface area contributed by atoms with Crippen LogP contribution in [0, 0.1) is 5.82 Å². The van der Waals surface area contributed by atoms with E-state index in [4.69, 9.17) is 9.15 Å². The van der Waals surface area contributed by atoms with Crippen LogP contribution in [-0.4, -0.2) is 30.1 Å². The summed E-state index contributed by atoms with van der Waals surface area (Å²) in [6, 6.07) is 14.3. The maximum absolute atomic E-state index is 13.1. The van der Waals surface area contributed by atoms with Crippen LogP contribution in [0.3, 0.4) is 0 Å². The number of ether oxygens (including phenoxy) is 1. The number of nitrogens with one attached hydrogen (secondary N) is 2. The highest BCUT2D eigenvalue weighted by Crippen LogP contribution is 2.39. The number of aromatic nitrogens is 1. The van der Waals surface area contributed by atoms with Crippen LogP contribution in [0.15, 0.2) is 64.2 Å². The van der Waals surface area contributed by atoms with Crippen molar-refractivity contribution in [3.8, 4) is 17.2 Å². The van der Waals surface area contributed by atoms with Gasteiger partial charge in [-0.3, -0.25) is 4.99 Å². The van der Waals surface area contributed by atoms with E-state index in [1.807, 2.05) is 18.2 Å². The molecule has 0 aliphatic carbocycles. The van der Waals surface area contributed by atoms with Gasteiger partial charge in [0.15, 0.2) is 5.96 Å². The quantitative estimate of drug-likeness (QED) is 0.468. The zero-order chi connectivity index (χ0) is 21.8. The molecule has 3 aromatic rings. The number of aliphatic imine (C=N–C) groups is 1. The van der Waals surface area contributed by atoms with Gasteiger partial charge in [0.05, 0.1) is 11.7 Å². The molecule has 1 atom stereocenters. The largest absolute Gasteiger partial charge is 0.487 e. The molecule has 7 heteroatoms. The first kappa shape index (κ1) is 20.9. The summed E-state index contributed by atoms with van der Waals surface area (Å²) in [5.41, 5.74) is 2.44. The molecule has 1 aromatic heterocycles. The van der Waals surface area contributed by atoms with Crippen molar-refractivity contribution < 1.29 is 13.5 Å². The van der Waals surface area contributed by atoms with E-state index in [2.05, 4.69) is 40.5 Å². The van der Waals surface area contributed by atoms with Crippen molar-refractivity contribution in [1.29, 1.82) is 0 Å². The fraction of sp³-hybridized carbons (Fsp3) is 0.333. The van der Waals surface area contributed by atoms with Gasteiger partial charge in [0.25, 0.3) is 0 Å². The molecule has 1 aliphatic heterocycles. The SMILES string of the molecule is CN=C(NCCc1coc(-c2ccc(F)cc2)n1)NC1CC(C)(C)Oc2ccccc21. The van der Waals surface area contributed by atoms with Crippen molar-refractivity contribution in [1.82, 2.24) is 15.6 Å². The van der Waals surface area contributed by atoms with Crippen LogP contribution in [0.5, 0.6) is 5.75 Å². The zero-order valence-corrected chi connectivity index (χ0v) is 18.0. The zero-order valence-electron chi connectivity index (χ0n) is 18.0. The highest BCUT2D eigenvalue weighted by Gasteiger charge is 2.33. The first-order valence-corrected chi connectivity index (χ1v) is 10.4. The summed E-state index contributed by atoms with van der Waals surface area (Å²) < 4.78 is 24.7. The maximum atomic E-state index is 13.1. The van der Waals surface area contributed by atoms with E-state index < -0.39 is 0 Å². The smallest absolute Gasteiger partial charge is 0.226 e. The highest BCUT2D eigenvalue weighted by atomic mass is 19.1. The van der Waals surface area contributed by atoms with Gasteiger partial charge >= 0.3 is 0 Å². The first-order valence-electron chi connectivity index (χ1n) is 10.4. The minimum absolute atomic E-state index is 0.100. The molecule has 1 unspecified atom stereocenters. The second-order valence-corrected chi connectivity index (χ2v) is 8.20. The topological polar surface area (TPSA) is 71.7 Å². The lowest BCUT2D eigenvalue weighted by Crippen LogP contribution is -2.45. The second kappa shape index (κ2) is 8.79. The average molecular weight is 423 g/mol. The molecule has 0 fully saturated rings. The molecule has 2 N–H and O–H groups in total. The predicted octanol–water partition coefficient (Wildman–Crippen LogP) is 4.49. The minimum Gasteiger partial charge on any atom is -0.487 e. The predicted molar refractivity (Wildman–Crippen MR) is 119 cm³/mol. The number of para-hydroxylation sites is 1. The van der Waals surface area contributed by atoms with Gasteiger partial charge in [-0.1, -0.05) is 18.2 Å². The van der Waals surface area contributed by atoms with Gasteiger partial charge in [-0.15, -0.1) is 0 Å². The van der Waals surface area contributed by atoms with E-state index in [9.17, 15) is 4.39 Å². The number of benzene rings is 2. The molecule has 162 valence electrons. The van der Waals surface area contributed by atoms with Crippen molar-refractivity contribution >= 4 is 5.96 Å². The normalized spacial score (nSPS) is 17.5. The molecule has 31 heavy (non-hydrogen) atoms. The number of halogens is 1. The molecule has 4 rings (SSSR count). The molecular weight excluding hydrogens is 395 g/mol. The Labute approximate surface area is 181 Å². The minimum atomic E-state index is -0.283. The van der Waals surface area contributed by atoms with Crippen molar-refractivity contribution in [2.75, 3.05) is 13.6 Å². The van der Waals surface area contributed by atoms with E-state index in [1.54, 1.807) is 25.4 Å². The summed E-state index contributed by atoms with van der Waals surface area (Å²) in [4.78, 5) is 8.86. The second-order valence-electron chi connectivity index (χ2n) is 8.20. The summed E-state index contributed by atoms with van der Waals surface area (Å²) in [5.74, 6) is 1.83. The van der Waals surface area contributed by atoms with Gasteiger partial charge in [-0.25, -0.2) is 9.37 Å². The van der Waals surface area contributed by atoms with Crippen molar-refractivity contribution in [3.05, 3.63) is 71.9 Å². The molecule has 0 saturated carbocycles. The summed E-state index contributed by atoms with van der Waals surface area (Å²) in [6.45, 7) is 4.83. The van der Waals surface area contributed by atoms with Gasteiger partial charge in [-0.05, 0) is 44.2 Å². The van der Waals surface area contributed by atoms with Crippen LogP contribution in [0.4, 0.5) is 4.39 Å². The monoisotopic (exact) mass is 422 g/mol. The highest BCUT2D eigenvalue weighted by molar-refractivity contribution is 5.80. The van der Waals surface area contributed by atoms with E-state index in [-0.39, 0.29) is 17.5 Å². The number of fused-ring (bicyclic) bond motifs is 1. The van der Waals surface area contributed by atoms with Crippen LogP contribution in [-0.2, 0) is 6.42 Å². The number of oxazole rings is 1. The Morgan fingerprint density at radius 3 is 2.74 bits per heavy atom.